The molecule has 0 aliphatic heterocycles. The van der Waals surface area contributed by atoms with E-state index in [1.165, 1.54) is 6.20 Å². The quantitative estimate of drug-likeness (QED) is 0.547. The number of aromatic nitrogens is 1. The van der Waals surface area contributed by atoms with Crippen molar-refractivity contribution in [1.29, 1.82) is 0 Å². The van der Waals surface area contributed by atoms with Crippen molar-refractivity contribution in [1.82, 2.24) is 10.3 Å². The standard InChI is InChI=1S/C20H22ClN3O4/c1-12(2)17(24-19(26)14-8-5-4-7-13(14)3)20(27)28-11-16(25)23-15-9-6-10-22-18(15)21/h4-10,12,17H,11H2,1-3H3,(H,23,25)(H,24,26)/t17-/m0/s1. The monoisotopic (exact) mass is 403 g/mol. The number of hydrogen-bond donors (Lipinski definition) is 2. The zero-order chi connectivity index (χ0) is 20.7. The number of amides is 2. The second kappa shape index (κ2) is 9.85. The van der Waals surface area contributed by atoms with Crippen LogP contribution in [-0.2, 0) is 14.3 Å². The third-order valence-corrected chi connectivity index (χ3v) is 4.28. The van der Waals surface area contributed by atoms with Crippen LogP contribution in [0.15, 0.2) is 42.6 Å². The maximum Gasteiger partial charge on any atom is 0.329 e. The van der Waals surface area contributed by atoms with Gasteiger partial charge in [-0.3, -0.25) is 9.59 Å². The third-order valence-electron chi connectivity index (χ3n) is 3.98. The zero-order valence-electron chi connectivity index (χ0n) is 15.9. The average molecular weight is 404 g/mol. The van der Waals surface area contributed by atoms with E-state index < -0.39 is 24.5 Å². The molecule has 0 unspecified atom stereocenters. The van der Waals surface area contributed by atoms with Gasteiger partial charge in [0.05, 0.1) is 5.69 Å². The van der Waals surface area contributed by atoms with Gasteiger partial charge in [0.25, 0.3) is 11.8 Å². The summed E-state index contributed by atoms with van der Waals surface area (Å²) in [6.45, 7) is 4.86. The number of carbonyl (C=O) groups excluding carboxylic acids is 3. The van der Waals surface area contributed by atoms with Crippen LogP contribution in [-0.4, -0.2) is 35.4 Å². The fourth-order valence-electron chi connectivity index (χ4n) is 2.44. The lowest BCUT2D eigenvalue weighted by Crippen LogP contribution is -2.46. The summed E-state index contributed by atoms with van der Waals surface area (Å²) in [5.41, 5.74) is 1.59. The summed E-state index contributed by atoms with van der Waals surface area (Å²) in [7, 11) is 0. The van der Waals surface area contributed by atoms with Gasteiger partial charge in [-0.05, 0) is 36.6 Å². The Morgan fingerprint density at radius 1 is 1.14 bits per heavy atom. The van der Waals surface area contributed by atoms with Crippen LogP contribution < -0.4 is 10.6 Å². The van der Waals surface area contributed by atoms with Gasteiger partial charge in [-0.1, -0.05) is 43.6 Å². The topological polar surface area (TPSA) is 97.4 Å². The number of nitrogens with one attached hydrogen (secondary N) is 2. The lowest BCUT2D eigenvalue weighted by molar-refractivity contribution is -0.150. The van der Waals surface area contributed by atoms with Gasteiger partial charge in [0.2, 0.25) is 0 Å². The molecule has 2 rings (SSSR count). The van der Waals surface area contributed by atoms with E-state index in [1.54, 1.807) is 38.1 Å². The van der Waals surface area contributed by atoms with E-state index in [-0.39, 0.29) is 17.0 Å². The molecule has 2 aromatic rings. The Balaban J connectivity index is 1.95. The Labute approximate surface area is 168 Å². The van der Waals surface area contributed by atoms with Gasteiger partial charge in [-0.25, -0.2) is 9.78 Å². The summed E-state index contributed by atoms with van der Waals surface area (Å²) < 4.78 is 5.08. The van der Waals surface area contributed by atoms with Gasteiger partial charge in [-0.15, -0.1) is 0 Å². The van der Waals surface area contributed by atoms with Crippen molar-refractivity contribution in [2.75, 3.05) is 11.9 Å². The Hall–Kier alpha value is -2.93. The lowest BCUT2D eigenvalue weighted by atomic mass is 10.0. The molecule has 0 radical (unpaired) electrons. The maximum atomic E-state index is 12.5. The van der Waals surface area contributed by atoms with Crippen LogP contribution in [0.2, 0.25) is 5.15 Å². The van der Waals surface area contributed by atoms with Crippen LogP contribution in [0.1, 0.15) is 29.8 Å². The van der Waals surface area contributed by atoms with Crippen molar-refractivity contribution >= 4 is 35.1 Å². The van der Waals surface area contributed by atoms with E-state index in [4.69, 9.17) is 16.3 Å². The van der Waals surface area contributed by atoms with Crippen LogP contribution >= 0.6 is 11.6 Å². The number of hydrogen-bond acceptors (Lipinski definition) is 5. The van der Waals surface area contributed by atoms with Gasteiger partial charge < -0.3 is 15.4 Å². The first-order valence-electron chi connectivity index (χ1n) is 8.73. The number of benzene rings is 1. The molecule has 0 saturated carbocycles. The van der Waals surface area contributed by atoms with Gasteiger partial charge >= 0.3 is 5.97 Å². The highest BCUT2D eigenvalue weighted by molar-refractivity contribution is 6.32. The SMILES string of the molecule is Cc1ccccc1C(=O)N[C@H](C(=O)OCC(=O)Nc1cccnc1Cl)C(C)C. The number of carbonyl (C=O) groups is 3. The molecule has 0 spiro atoms. The predicted molar refractivity (Wildman–Crippen MR) is 106 cm³/mol. The maximum absolute atomic E-state index is 12.5. The highest BCUT2D eigenvalue weighted by Crippen LogP contribution is 2.17. The Kier molecular flexibility index (Phi) is 7.52. The van der Waals surface area contributed by atoms with Crippen LogP contribution in [0.4, 0.5) is 5.69 Å². The fourth-order valence-corrected chi connectivity index (χ4v) is 2.60. The molecule has 0 saturated heterocycles. The molecule has 0 aliphatic carbocycles. The van der Waals surface area contributed by atoms with Crippen molar-refractivity contribution in [2.24, 2.45) is 5.92 Å². The van der Waals surface area contributed by atoms with Crippen molar-refractivity contribution in [2.45, 2.75) is 26.8 Å². The second-order valence-electron chi connectivity index (χ2n) is 6.51. The van der Waals surface area contributed by atoms with E-state index in [1.807, 2.05) is 19.1 Å². The molecular formula is C20H22ClN3O4. The summed E-state index contributed by atoms with van der Waals surface area (Å²) in [4.78, 5) is 40.7. The fraction of sp³-hybridized carbons (Fsp3) is 0.300. The van der Waals surface area contributed by atoms with Crippen LogP contribution in [0, 0.1) is 12.8 Å². The summed E-state index contributed by atoms with van der Waals surface area (Å²) in [6, 6.07) is 9.37. The number of aryl methyl sites for hydroxylation is 1. The summed E-state index contributed by atoms with van der Waals surface area (Å²) in [5, 5.41) is 5.32. The zero-order valence-corrected chi connectivity index (χ0v) is 16.6. The Bertz CT molecular complexity index is 870. The van der Waals surface area contributed by atoms with Gasteiger partial charge in [-0.2, -0.15) is 0 Å². The molecule has 1 heterocycles. The van der Waals surface area contributed by atoms with Gasteiger partial charge in [0.1, 0.15) is 6.04 Å². The van der Waals surface area contributed by atoms with E-state index >= 15 is 0 Å². The summed E-state index contributed by atoms with van der Waals surface area (Å²) in [5.74, 6) is -1.85. The van der Waals surface area contributed by atoms with Crippen LogP contribution in [0.25, 0.3) is 0 Å². The van der Waals surface area contributed by atoms with Gasteiger partial charge in [0, 0.05) is 11.8 Å². The average Bonchev–Trinajstić information content (AvgIpc) is 2.66. The third kappa shape index (κ3) is 5.79. The molecule has 2 N–H and O–H groups in total. The molecule has 1 aromatic heterocycles. The molecule has 8 heteroatoms. The van der Waals surface area contributed by atoms with Gasteiger partial charge in [0.15, 0.2) is 11.8 Å². The minimum absolute atomic E-state index is 0.132. The Morgan fingerprint density at radius 3 is 2.50 bits per heavy atom. The lowest BCUT2D eigenvalue weighted by Gasteiger charge is -2.21. The van der Waals surface area contributed by atoms with Crippen LogP contribution in [0.3, 0.4) is 0 Å². The van der Waals surface area contributed by atoms with E-state index in [9.17, 15) is 14.4 Å². The van der Waals surface area contributed by atoms with Crippen molar-refractivity contribution in [3.05, 3.63) is 58.9 Å². The molecule has 0 aliphatic rings. The van der Waals surface area contributed by atoms with E-state index in [2.05, 4.69) is 15.6 Å². The smallest absolute Gasteiger partial charge is 0.329 e. The number of halogens is 1. The number of anilines is 1. The van der Waals surface area contributed by atoms with Crippen molar-refractivity contribution in [3.63, 3.8) is 0 Å². The highest BCUT2D eigenvalue weighted by atomic mass is 35.5. The number of esters is 1. The van der Waals surface area contributed by atoms with Crippen molar-refractivity contribution in [3.8, 4) is 0 Å². The predicted octanol–water partition coefficient (Wildman–Crippen LogP) is 2.98. The second-order valence-corrected chi connectivity index (χ2v) is 6.87. The molecule has 28 heavy (non-hydrogen) atoms. The molecule has 0 bridgehead atoms. The number of ether oxygens (including phenoxy) is 1. The molecule has 2 amide bonds. The largest absolute Gasteiger partial charge is 0.454 e. The molecule has 7 nitrogen and oxygen atoms in total. The number of pyridine rings is 1. The number of nitrogens with zero attached hydrogens (tertiary/aromatic N) is 1. The summed E-state index contributed by atoms with van der Waals surface area (Å²) >= 11 is 5.87. The first kappa shape index (κ1) is 21.4. The molecule has 1 aromatic carbocycles. The molecule has 148 valence electrons. The minimum atomic E-state index is -0.887. The minimum Gasteiger partial charge on any atom is -0.454 e. The van der Waals surface area contributed by atoms with E-state index in [0.717, 1.165) is 5.56 Å². The first-order chi connectivity index (χ1) is 13.3. The normalized spacial score (nSPS) is 11.6. The molecule has 1 atom stereocenters. The highest BCUT2D eigenvalue weighted by Gasteiger charge is 2.27. The molecular weight excluding hydrogens is 382 g/mol. The molecule has 0 fully saturated rings. The van der Waals surface area contributed by atoms with E-state index in [0.29, 0.717) is 11.3 Å². The van der Waals surface area contributed by atoms with Crippen molar-refractivity contribution < 1.29 is 19.1 Å². The first-order valence-corrected chi connectivity index (χ1v) is 9.11. The number of rotatable bonds is 7. The Morgan fingerprint density at radius 2 is 1.86 bits per heavy atom. The van der Waals surface area contributed by atoms with Crippen LogP contribution in [0.5, 0.6) is 0 Å². The summed E-state index contributed by atoms with van der Waals surface area (Å²) in [6.07, 6.45) is 1.49.